The molecule has 1 aliphatic rings. The number of esters is 1. The third kappa shape index (κ3) is 2.97. The monoisotopic (exact) mass is 314 g/mol. The van der Waals surface area contributed by atoms with Gasteiger partial charge in [0.15, 0.2) is 0 Å². The molecular formula is C17H18N2O4. The van der Waals surface area contributed by atoms with Crippen molar-refractivity contribution < 1.29 is 19.4 Å². The van der Waals surface area contributed by atoms with Crippen molar-refractivity contribution in [2.75, 3.05) is 7.11 Å². The first-order valence-electron chi connectivity index (χ1n) is 7.57. The first kappa shape index (κ1) is 15.3. The number of carboxylic acids is 1. The van der Waals surface area contributed by atoms with Gasteiger partial charge >= 0.3 is 11.9 Å². The molecule has 2 aromatic rings. The first-order chi connectivity index (χ1) is 11.1. The highest BCUT2D eigenvalue weighted by Crippen LogP contribution is 2.34. The van der Waals surface area contributed by atoms with Crippen LogP contribution in [0.25, 0.3) is 5.69 Å². The van der Waals surface area contributed by atoms with Gasteiger partial charge in [0.2, 0.25) is 0 Å². The SMILES string of the molecule is COC(=O)c1cccc(-n2ncc3c2CCCC3CC(=O)O)c1. The molecule has 1 aromatic heterocycles. The van der Waals surface area contributed by atoms with E-state index in [0.29, 0.717) is 5.56 Å². The smallest absolute Gasteiger partial charge is 0.337 e. The minimum absolute atomic E-state index is 0.00814. The lowest BCUT2D eigenvalue weighted by Gasteiger charge is -2.21. The van der Waals surface area contributed by atoms with Gasteiger partial charge in [-0.3, -0.25) is 4.79 Å². The molecule has 1 aliphatic carbocycles. The summed E-state index contributed by atoms with van der Waals surface area (Å²) in [5.41, 5.74) is 3.28. The van der Waals surface area contributed by atoms with Gasteiger partial charge in [0, 0.05) is 5.69 Å². The van der Waals surface area contributed by atoms with E-state index in [-0.39, 0.29) is 12.3 Å². The van der Waals surface area contributed by atoms with Gasteiger partial charge in [-0.2, -0.15) is 5.10 Å². The Kier molecular flexibility index (Phi) is 4.14. The van der Waals surface area contributed by atoms with Gasteiger partial charge in [-0.15, -0.1) is 0 Å². The van der Waals surface area contributed by atoms with Gasteiger partial charge in [-0.05, 0) is 48.9 Å². The lowest BCUT2D eigenvalue weighted by Crippen LogP contribution is -2.15. The molecule has 0 aliphatic heterocycles. The van der Waals surface area contributed by atoms with Crippen LogP contribution in [0, 0.1) is 0 Å². The Bertz CT molecular complexity index is 751. The molecule has 1 aromatic carbocycles. The van der Waals surface area contributed by atoms with Gasteiger partial charge < -0.3 is 9.84 Å². The summed E-state index contributed by atoms with van der Waals surface area (Å²) in [5.74, 6) is -1.17. The summed E-state index contributed by atoms with van der Waals surface area (Å²) in [5, 5.41) is 13.5. The second kappa shape index (κ2) is 6.24. The number of benzene rings is 1. The Labute approximate surface area is 133 Å². The number of hydrogen-bond donors (Lipinski definition) is 1. The maximum absolute atomic E-state index is 11.7. The van der Waals surface area contributed by atoms with E-state index >= 15 is 0 Å². The van der Waals surface area contributed by atoms with Crippen molar-refractivity contribution in [2.45, 2.75) is 31.6 Å². The molecule has 0 saturated heterocycles. The van der Waals surface area contributed by atoms with Crippen molar-refractivity contribution in [1.82, 2.24) is 9.78 Å². The van der Waals surface area contributed by atoms with Crippen molar-refractivity contribution >= 4 is 11.9 Å². The number of fused-ring (bicyclic) bond motifs is 1. The normalized spacial score (nSPS) is 16.7. The quantitative estimate of drug-likeness (QED) is 0.877. The molecule has 0 saturated carbocycles. The molecule has 0 spiro atoms. The Morgan fingerprint density at radius 3 is 3.00 bits per heavy atom. The molecule has 120 valence electrons. The summed E-state index contributed by atoms with van der Waals surface area (Å²) in [6.07, 6.45) is 4.54. The van der Waals surface area contributed by atoms with Gasteiger partial charge in [0.25, 0.3) is 0 Å². The van der Waals surface area contributed by atoms with E-state index in [9.17, 15) is 9.59 Å². The van der Waals surface area contributed by atoms with Crippen molar-refractivity contribution in [3.05, 3.63) is 47.3 Å². The van der Waals surface area contributed by atoms with E-state index in [1.165, 1.54) is 7.11 Å². The van der Waals surface area contributed by atoms with Crippen molar-refractivity contribution in [3.8, 4) is 5.69 Å². The summed E-state index contributed by atoms with van der Waals surface area (Å²) in [4.78, 5) is 22.7. The molecule has 23 heavy (non-hydrogen) atoms. The lowest BCUT2D eigenvalue weighted by atomic mass is 9.85. The molecule has 0 bridgehead atoms. The molecule has 3 rings (SSSR count). The van der Waals surface area contributed by atoms with Crippen LogP contribution in [-0.2, 0) is 16.0 Å². The zero-order chi connectivity index (χ0) is 16.4. The molecule has 1 heterocycles. The van der Waals surface area contributed by atoms with Crippen LogP contribution in [0.15, 0.2) is 30.5 Å². The maximum Gasteiger partial charge on any atom is 0.337 e. The van der Waals surface area contributed by atoms with Gasteiger partial charge in [0.1, 0.15) is 0 Å². The van der Waals surface area contributed by atoms with E-state index < -0.39 is 11.9 Å². The number of ether oxygens (including phenoxy) is 1. The molecule has 1 unspecified atom stereocenters. The number of aromatic nitrogens is 2. The zero-order valence-corrected chi connectivity index (χ0v) is 12.9. The van der Waals surface area contributed by atoms with Gasteiger partial charge in [0.05, 0.1) is 31.0 Å². The Morgan fingerprint density at radius 1 is 1.43 bits per heavy atom. The number of carbonyl (C=O) groups is 2. The second-order valence-electron chi connectivity index (χ2n) is 5.69. The zero-order valence-electron chi connectivity index (χ0n) is 12.9. The molecule has 6 heteroatoms. The number of methoxy groups -OCH3 is 1. The summed E-state index contributed by atoms with van der Waals surface area (Å²) >= 11 is 0. The standard InChI is InChI=1S/C17H18N2O4/c1-23-17(22)12-5-2-6-13(8-12)19-15-7-3-4-11(9-16(20)21)14(15)10-18-19/h2,5-6,8,10-11H,3-4,7,9H2,1H3,(H,20,21). The highest BCUT2D eigenvalue weighted by molar-refractivity contribution is 5.89. The summed E-state index contributed by atoms with van der Waals surface area (Å²) in [6.45, 7) is 0. The lowest BCUT2D eigenvalue weighted by molar-refractivity contribution is -0.137. The molecule has 0 radical (unpaired) electrons. The minimum atomic E-state index is -0.789. The van der Waals surface area contributed by atoms with Crippen molar-refractivity contribution in [2.24, 2.45) is 0 Å². The van der Waals surface area contributed by atoms with Crippen LogP contribution >= 0.6 is 0 Å². The van der Waals surface area contributed by atoms with Crippen molar-refractivity contribution in [1.29, 1.82) is 0 Å². The number of nitrogens with zero attached hydrogens (tertiary/aromatic N) is 2. The van der Waals surface area contributed by atoms with Crippen LogP contribution in [0.3, 0.4) is 0 Å². The number of aliphatic carboxylic acids is 1. The van der Waals surface area contributed by atoms with Gasteiger partial charge in [-0.25, -0.2) is 9.48 Å². The second-order valence-corrected chi connectivity index (χ2v) is 5.69. The minimum Gasteiger partial charge on any atom is -0.481 e. The van der Waals surface area contributed by atoms with E-state index in [1.807, 2.05) is 6.07 Å². The average Bonchev–Trinajstić information content (AvgIpc) is 2.99. The van der Waals surface area contributed by atoms with E-state index in [2.05, 4.69) is 5.10 Å². The fourth-order valence-corrected chi connectivity index (χ4v) is 3.18. The molecule has 0 fully saturated rings. The summed E-state index contributed by atoms with van der Waals surface area (Å²) in [7, 11) is 1.35. The molecule has 0 amide bonds. The average molecular weight is 314 g/mol. The van der Waals surface area contributed by atoms with Crippen LogP contribution in [0.2, 0.25) is 0 Å². The molecule has 6 nitrogen and oxygen atoms in total. The van der Waals surface area contributed by atoms with Crippen LogP contribution in [-0.4, -0.2) is 33.9 Å². The number of hydrogen-bond acceptors (Lipinski definition) is 4. The molecule has 1 N–H and O–H groups in total. The summed E-state index contributed by atoms with van der Waals surface area (Å²) in [6, 6.07) is 7.09. The highest BCUT2D eigenvalue weighted by Gasteiger charge is 2.26. The Morgan fingerprint density at radius 2 is 2.26 bits per heavy atom. The predicted molar refractivity (Wildman–Crippen MR) is 82.8 cm³/mol. The predicted octanol–water partition coefficient (Wildman–Crippen LogP) is 2.55. The van der Waals surface area contributed by atoms with Crippen LogP contribution in [0.5, 0.6) is 0 Å². The first-order valence-corrected chi connectivity index (χ1v) is 7.57. The third-order valence-corrected chi connectivity index (χ3v) is 4.24. The topological polar surface area (TPSA) is 81.4 Å². The molecular weight excluding hydrogens is 296 g/mol. The maximum atomic E-state index is 11.7. The summed E-state index contributed by atoms with van der Waals surface area (Å²) < 4.78 is 6.55. The van der Waals surface area contributed by atoms with Crippen LogP contribution < -0.4 is 0 Å². The largest absolute Gasteiger partial charge is 0.481 e. The van der Waals surface area contributed by atoms with Gasteiger partial charge in [-0.1, -0.05) is 6.07 Å². The number of rotatable bonds is 4. The van der Waals surface area contributed by atoms with Crippen LogP contribution in [0.1, 0.15) is 46.8 Å². The Balaban J connectivity index is 1.98. The number of carboxylic acid groups (broad SMARTS) is 1. The van der Waals surface area contributed by atoms with E-state index in [1.54, 1.807) is 29.1 Å². The van der Waals surface area contributed by atoms with E-state index in [0.717, 1.165) is 36.2 Å². The fraction of sp³-hybridized carbons (Fsp3) is 0.353. The van der Waals surface area contributed by atoms with E-state index in [4.69, 9.17) is 9.84 Å². The fourth-order valence-electron chi connectivity index (χ4n) is 3.18. The van der Waals surface area contributed by atoms with Crippen molar-refractivity contribution in [3.63, 3.8) is 0 Å². The molecule has 1 atom stereocenters. The number of carbonyl (C=O) groups excluding carboxylic acids is 1. The van der Waals surface area contributed by atoms with Crippen LogP contribution in [0.4, 0.5) is 0 Å². The highest BCUT2D eigenvalue weighted by atomic mass is 16.5. The third-order valence-electron chi connectivity index (χ3n) is 4.24. The Hall–Kier alpha value is -2.63.